The van der Waals surface area contributed by atoms with E-state index in [2.05, 4.69) is 25.2 Å². The van der Waals surface area contributed by atoms with Gasteiger partial charge in [-0.2, -0.15) is 8.42 Å². The van der Waals surface area contributed by atoms with Crippen molar-refractivity contribution in [2.45, 2.75) is 5.03 Å². The first-order chi connectivity index (χ1) is 12.1. The lowest BCUT2D eigenvalue weighted by Crippen LogP contribution is -2.16. The normalized spacial score (nSPS) is 11.7. The van der Waals surface area contributed by atoms with Gasteiger partial charge in [0.05, 0.1) is 11.9 Å². The molecule has 3 aromatic heterocycles. The van der Waals surface area contributed by atoms with Crippen LogP contribution in [0.25, 0.3) is 17.0 Å². The van der Waals surface area contributed by atoms with Crippen LogP contribution in [0.1, 0.15) is 0 Å². The van der Waals surface area contributed by atoms with E-state index in [0.717, 1.165) is 0 Å². The zero-order chi connectivity index (χ0) is 17.4. The van der Waals surface area contributed by atoms with Crippen LogP contribution in [0.15, 0.2) is 59.9 Å². The first-order valence-electron chi connectivity index (χ1n) is 7.33. The maximum absolute atomic E-state index is 12.9. The zero-order valence-corrected chi connectivity index (χ0v) is 13.9. The highest BCUT2D eigenvalue weighted by Crippen LogP contribution is 2.27. The highest BCUT2D eigenvalue weighted by Gasteiger charge is 2.21. The molecular formula is C15H13N7O2S. The fourth-order valence-electron chi connectivity index (χ4n) is 2.53. The summed E-state index contributed by atoms with van der Waals surface area (Å²) in [6, 6.07) is 12.2. The molecule has 0 unspecified atom stereocenters. The molecule has 0 aliphatic heterocycles. The fraction of sp³-hybridized carbons (Fsp3) is 0.0667. The number of tetrazole rings is 1. The van der Waals surface area contributed by atoms with Crippen LogP contribution in [0.3, 0.4) is 0 Å². The number of hydrogen-bond acceptors (Lipinski definition) is 6. The van der Waals surface area contributed by atoms with E-state index in [4.69, 9.17) is 0 Å². The minimum absolute atomic E-state index is 0.0500. The van der Waals surface area contributed by atoms with E-state index in [1.807, 2.05) is 0 Å². The molecule has 0 bridgehead atoms. The monoisotopic (exact) mass is 355 g/mol. The van der Waals surface area contributed by atoms with Crippen molar-refractivity contribution in [1.82, 2.24) is 29.6 Å². The SMILES string of the molecule is Cn1nnnc1-c1ccccc1NS(=O)(=O)c1cnc2ccccn12. The number of nitrogens with one attached hydrogen (secondary N) is 1. The summed E-state index contributed by atoms with van der Waals surface area (Å²) in [6.45, 7) is 0. The first-order valence-corrected chi connectivity index (χ1v) is 8.81. The van der Waals surface area contributed by atoms with Gasteiger partial charge in [0.1, 0.15) is 5.65 Å². The third-order valence-corrected chi connectivity index (χ3v) is 5.03. The van der Waals surface area contributed by atoms with Crippen LogP contribution in [-0.4, -0.2) is 38.0 Å². The van der Waals surface area contributed by atoms with Crippen LogP contribution < -0.4 is 4.72 Å². The Bertz CT molecular complexity index is 1160. The van der Waals surface area contributed by atoms with Crippen molar-refractivity contribution in [1.29, 1.82) is 0 Å². The molecule has 1 aromatic carbocycles. The molecule has 126 valence electrons. The summed E-state index contributed by atoms with van der Waals surface area (Å²) < 4.78 is 31.3. The number of imidazole rings is 1. The molecule has 0 aliphatic carbocycles. The number of hydrogen-bond donors (Lipinski definition) is 1. The van der Waals surface area contributed by atoms with E-state index < -0.39 is 10.0 Å². The van der Waals surface area contributed by atoms with Gasteiger partial charge in [-0.1, -0.05) is 18.2 Å². The Morgan fingerprint density at radius 2 is 1.88 bits per heavy atom. The van der Waals surface area contributed by atoms with Gasteiger partial charge < -0.3 is 0 Å². The third-order valence-electron chi connectivity index (χ3n) is 3.69. The number of nitrogens with zero attached hydrogens (tertiary/aromatic N) is 6. The van der Waals surface area contributed by atoms with E-state index in [1.54, 1.807) is 55.7 Å². The molecule has 0 spiro atoms. The van der Waals surface area contributed by atoms with Gasteiger partial charge in [0.15, 0.2) is 10.9 Å². The van der Waals surface area contributed by atoms with Gasteiger partial charge in [0.2, 0.25) is 0 Å². The lowest BCUT2D eigenvalue weighted by Gasteiger charge is -2.11. The summed E-state index contributed by atoms with van der Waals surface area (Å²) in [4.78, 5) is 4.12. The fourth-order valence-corrected chi connectivity index (χ4v) is 3.71. The van der Waals surface area contributed by atoms with Gasteiger partial charge in [-0.15, -0.1) is 5.10 Å². The van der Waals surface area contributed by atoms with Crippen molar-refractivity contribution < 1.29 is 8.42 Å². The molecular weight excluding hydrogens is 342 g/mol. The number of anilines is 1. The van der Waals surface area contributed by atoms with Gasteiger partial charge in [0.25, 0.3) is 10.0 Å². The largest absolute Gasteiger partial charge is 0.289 e. The average Bonchev–Trinajstić information content (AvgIpc) is 3.21. The van der Waals surface area contributed by atoms with Crippen molar-refractivity contribution >= 4 is 21.4 Å². The van der Waals surface area contributed by atoms with Crippen LogP contribution in [0.4, 0.5) is 5.69 Å². The number of rotatable bonds is 4. The van der Waals surface area contributed by atoms with Gasteiger partial charge in [0, 0.05) is 18.8 Å². The second kappa shape index (κ2) is 5.67. The molecule has 0 amide bonds. The minimum Gasteiger partial charge on any atom is -0.289 e. The smallest absolute Gasteiger partial charge is 0.279 e. The second-order valence-corrected chi connectivity index (χ2v) is 6.93. The zero-order valence-electron chi connectivity index (χ0n) is 13.1. The van der Waals surface area contributed by atoms with Crippen molar-refractivity contribution in [3.05, 3.63) is 54.9 Å². The molecule has 0 radical (unpaired) electrons. The van der Waals surface area contributed by atoms with E-state index >= 15 is 0 Å². The van der Waals surface area contributed by atoms with Crippen molar-refractivity contribution in [3.63, 3.8) is 0 Å². The summed E-state index contributed by atoms with van der Waals surface area (Å²) in [5.41, 5.74) is 1.51. The van der Waals surface area contributed by atoms with Gasteiger partial charge in [-0.05, 0) is 34.7 Å². The predicted octanol–water partition coefficient (Wildman–Crippen LogP) is 1.33. The maximum atomic E-state index is 12.9. The van der Waals surface area contributed by atoms with Crippen LogP contribution >= 0.6 is 0 Å². The van der Waals surface area contributed by atoms with Crippen LogP contribution in [0.2, 0.25) is 0 Å². The second-order valence-electron chi connectivity index (χ2n) is 5.30. The third kappa shape index (κ3) is 2.62. The Kier molecular flexibility index (Phi) is 3.46. The quantitative estimate of drug-likeness (QED) is 0.592. The Morgan fingerprint density at radius 1 is 1.08 bits per heavy atom. The molecule has 4 aromatic rings. The summed E-state index contributed by atoms with van der Waals surface area (Å²) >= 11 is 0. The van der Waals surface area contributed by atoms with Crippen LogP contribution in [-0.2, 0) is 17.1 Å². The van der Waals surface area contributed by atoms with E-state index in [0.29, 0.717) is 22.7 Å². The predicted molar refractivity (Wildman–Crippen MR) is 90.2 cm³/mol. The summed E-state index contributed by atoms with van der Waals surface area (Å²) in [5, 5.41) is 11.4. The number of benzene rings is 1. The number of pyridine rings is 1. The topological polar surface area (TPSA) is 107 Å². The standard InChI is InChI=1S/C15H13N7O2S/c1-21-15(17-19-20-21)11-6-2-3-7-12(11)18-25(23,24)14-10-16-13-8-4-5-9-22(13)14/h2-10,18H,1H3. The molecule has 10 heteroatoms. The lowest BCUT2D eigenvalue weighted by molar-refractivity contribution is 0.596. The average molecular weight is 355 g/mol. The van der Waals surface area contributed by atoms with Crippen molar-refractivity contribution in [2.75, 3.05) is 4.72 Å². The summed E-state index contributed by atoms with van der Waals surface area (Å²) in [7, 11) is -2.16. The van der Waals surface area contributed by atoms with Crippen molar-refractivity contribution in [3.8, 4) is 11.4 Å². The van der Waals surface area contributed by atoms with E-state index in [9.17, 15) is 8.42 Å². The number of aryl methyl sites for hydroxylation is 1. The van der Waals surface area contributed by atoms with Crippen molar-refractivity contribution in [2.24, 2.45) is 7.05 Å². The highest BCUT2D eigenvalue weighted by atomic mass is 32.2. The molecule has 0 fully saturated rings. The first kappa shape index (κ1) is 15.3. The number of sulfonamides is 1. The van der Waals surface area contributed by atoms with Gasteiger partial charge in [-0.25, -0.2) is 9.67 Å². The molecule has 9 nitrogen and oxygen atoms in total. The number of para-hydroxylation sites is 1. The highest BCUT2D eigenvalue weighted by molar-refractivity contribution is 7.92. The van der Waals surface area contributed by atoms with Gasteiger partial charge >= 0.3 is 0 Å². The molecule has 0 saturated heterocycles. The maximum Gasteiger partial charge on any atom is 0.279 e. The molecule has 3 heterocycles. The Morgan fingerprint density at radius 3 is 2.68 bits per heavy atom. The molecule has 25 heavy (non-hydrogen) atoms. The number of aromatic nitrogens is 6. The molecule has 0 saturated carbocycles. The van der Waals surface area contributed by atoms with E-state index in [-0.39, 0.29) is 5.03 Å². The molecule has 1 N–H and O–H groups in total. The van der Waals surface area contributed by atoms with Gasteiger partial charge in [-0.3, -0.25) is 9.12 Å². The molecule has 4 rings (SSSR count). The Balaban J connectivity index is 1.79. The lowest BCUT2D eigenvalue weighted by atomic mass is 10.2. The molecule has 0 atom stereocenters. The Labute approximate surface area is 143 Å². The van der Waals surface area contributed by atoms with Crippen LogP contribution in [0.5, 0.6) is 0 Å². The minimum atomic E-state index is -3.85. The van der Waals surface area contributed by atoms with Crippen LogP contribution in [0, 0.1) is 0 Å². The summed E-state index contributed by atoms with van der Waals surface area (Å²) in [6.07, 6.45) is 2.97. The van der Waals surface area contributed by atoms with E-state index in [1.165, 1.54) is 15.3 Å². The number of fused-ring (bicyclic) bond motifs is 1. The summed E-state index contributed by atoms with van der Waals surface area (Å²) in [5.74, 6) is 0.455. The molecule has 0 aliphatic rings. The Hall–Kier alpha value is -3.27.